The lowest BCUT2D eigenvalue weighted by atomic mass is 9.88. The first-order chi connectivity index (χ1) is 18.2. The Labute approximate surface area is 226 Å². The normalized spacial score (nSPS) is 25.4. The molecule has 2 aromatic rings. The summed E-state index contributed by atoms with van der Waals surface area (Å²) in [5, 5.41) is 8.16. The van der Waals surface area contributed by atoms with Crippen LogP contribution in [0.2, 0.25) is 5.02 Å². The molecule has 206 valence electrons. The van der Waals surface area contributed by atoms with Gasteiger partial charge in [0.1, 0.15) is 23.7 Å². The molecule has 1 saturated heterocycles. The van der Waals surface area contributed by atoms with E-state index in [9.17, 15) is 18.4 Å². The fraction of sp³-hybridized carbons (Fsp3) is 0.630. The molecule has 3 heterocycles. The maximum Gasteiger partial charge on any atom is 0.282 e. The van der Waals surface area contributed by atoms with Crippen LogP contribution in [-0.4, -0.2) is 56.2 Å². The Morgan fingerprint density at radius 2 is 2.05 bits per heavy atom. The van der Waals surface area contributed by atoms with Crippen molar-refractivity contribution in [2.24, 2.45) is 24.8 Å². The Bertz CT molecular complexity index is 1220. The van der Waals surface area contributed by atoms with Gasteiger partial charge in [-0.25, -0.2) is 13.5 Å². The van der Waals surface area contributed by atoms with Gasteiger partial charge in [0.25, 0.3) is 6.43 Å². The highest BCUT2D eigenvalue weighted by Crippen LogP contribution is 2.43. The predicted molar refractivity (Wildman–Crippen MR) is 137 cm³/mol. The SMILES string of the molecule is C[C@@H]1CC(=O)N(C[C@@H]2c3c(OCc4nnn(C)c4C(F)F)ccc(Cl)c3CCN2C(=O)[C@@H]2CCC[C@@H]2C)C1. The molecule has 2 amide bonds. The molecule has 1 aromatic heterocycles. The van der Waals surface area contributed by atoms with Gasteiger partial charge >= 0.3 is 0 Å². The Hall–Kier alpha value is -2.75. The van der Waals surface area contributed by atoms with Crippen LogP contribution in [0.1, 0.15) is 74.5 Å². The molecular formula is C27H34ClF2N5O3. The van der Waals surface area contributed by atoms with E-state index in [1.807, 2.05) is 16.7 Å². The zero-order chi connectivity index (χ0) is 27.1. The molecule has 5 rings (SSSR count). The summed E-state index contributed by atoms with van der Waals surface area (Å²) in [4.78, 5) is 30.4. The first kappa shape index (κ1) is 26.8. The minimum absolute atomic E-state index is 0.0508. The standard InChI is InChI=1S/C27H34ClF2N5O3/c1-15-11-23(36)34(12-15)13-21-24-18(9-10-35(21)27(37)17-6-4-5-16(17)2)19(28)7-8-22(24)38-14-20-25(26(29)30)33(3)32-31-20/h7-8,15-17,21,26H,4-6,9-14H2,1-3H3/t15-,16+,17-,21-/m1/s1. The molecule has 8 nitrogen and oxygen atoms in total. The van der Waals surface area contributed by atoms with Crippen molar-refractivity contribution in [2.75, 3.05) is 19.6 Å². The molecular weight excluding hydrogens is 516 g/mol. The van der Waals surface area contributed by atoms with E-state index in [0.717, 1.165) is 35.1 Å². The quantitative estimate of drug-likeness (QED) is 0.499. The number of ether oxygens (including phenoxy) is 1. The molecule has 1 aliphatic carbocycles. The summed E-state index contributed by atoms with van der Waals surface area (Å²) in [6.45, 7) is 5.43. The van der Waals surface area contributed by atoms with Crippen LogP contribution in [0.15, 0.2) is 12.1 Å². The first-order valence-electron chi connectivity index (χ1n) is 13.3. The highest BCUT2D eigenvalue weighted by molar-refractivity contribution is 6.31. The highest BCUT2D eigenvalue weighted by Gasteiger charge is 2.42. The number of aryl methyl sites for hydroxylation is 1. The molecule has 1 aromatic carbocycles. The number of amides is 2. The summed E-state index contributed by atoms with van der Waals surface area (Å²) >= 11 is 6.65. The van der Waals surface area contributed by atoms with Crippen molar-refractivity contribution >= 4 is 23.4 Å². The van der Waals surface area contributed by atoms with E-state index in [0.29, 0.717) is 49.2 Å². The van der Waals surface area contributed by atoms with Crippen molar-refractivity contribution in [3.8, 4) is 5.75 Å². The van der Waals surface area contributed by atoms with Gasteiger partial charge in [0.2, 0.25) is 11.8 Å². The maximum atomic E-state index is 13.9. The number of aromatic nitrogens is 3. The van der Waals surface area contributed by atoms with Crippen molar-refractivity contribution in [3.05, 3.63) is 39.7 Å². The van der Waals surface area contributed by atoms with Gasteiger partial charge in [-0.3, -0.25) is 9.59 Å². The summed E-state index contributed by atoms with van der Waals surface area (Å²) in [6, 6.07) is 3.00. The molecule has 0 N–H and O–H groups in total. The number of carbonyl (C=O) groups excluding carboxylic acids is 2. The summed E-state index contributed by atoms with van der Waals surface area (Å²) in [7, 11) is 1.42. The second kappa shape index (κ2) is 10.8. The third-order valence-electron chi connectivity index (χ3n) is 8.35. The van der Waals surface area contributed by atoms with E-state index in [1.165, 1.54) is 7.05 Å². The van der Waals surface area contributed by atoms with Crippen LogP contribution in [-0.2, 0) is 29.7 Å². The lowest BCUT2D eigenvalue weighted by Gasteiger charge is -2.42. The molecule has 0 unspecified atom stereocenters. The molecule has 11 heteroatoms. The Kier molecular flexibility index (Phi) is 7.62. The van der Waals surface area contributed by atoms with Gasteiger partial charge in [-0.1, -0.05) is 37.1 Å². The topological polar surface area (TPSA) is 80.6 Å². The van der Waals surface area contributed by atoms with Crippen LogP contribution in [0.5, 0.6) is 5.75 Å². The Morgan fingerprint density at radius 3 is 2.71 bits per heavy atom. The fourth-order valence-corrected chi connectivity index (χ4v) is 6.62. The molecule has 3 aliphatic rings. The molecule has 2 fully saturated rings. The number of nitrogens with zero attached hydrogens (tertiary/aromatic N) is 5. The van der Waals surface area contributed by atoms with Crippen LogP contribution in [0.3, 0.4) is 0 Å². The number of halogens is 3. The van der Waals surface area contributed by atoms with Crippen LogP contribution >= 0.6 is 11.6 Å². The van der Waals surface area contributed by atoms with Gasteiger partial charge < -0.3 is 14.5 Å². The maximum absolute atomic E-state index is 13.9. The number of likely N-dealkylation sites (tertiary alicyclic amines) is 1. The molecule has 0 radical (unpaired) electrons. The summed E-state index contributed by atoms with van der Waals surface area (Å²) in [5.74, 6) is 1.12. The van der Waals surface area contributed by atoms with Gasteiger partial charge in [0, 0.05) is 49.6 Å². The summed E-state index contributed by atoms with van der Waals surface area (Å²) < 4.78 is 34.4. The third kappa shape index (κ3) is 4.99. The Morgan fingerprint density at radius 1 is 1.26 bits per heavy atom. The third-order valence-corrected chi connectivity index (χ3v) is 8.70. The molecule has 1 saturated carbocycles. The fourth-order valence-electron chi connectivity index (χ4n) is 6.36. The number of rotatable bonds is 7. The van der Waals surface area contributed by atoms with E-state index in [1.54, 1.807) is 12.1 Å². The summed E-state index contributed by atoms with van der Waals surface area (Å²) in [6.07, 6.45) is 1.20. The first-order valence-corrected chi connectivity index (χ1v) is 13.7. The van der Waals surface area contributed by atoms with Crippen LogP contribution in [0.25, 0.3) is 0 Å². The number of alkyl halides is 2. The average molecular weight is 550 g/mol. The molecule has 38 heavy (non-hydrogen) atoms. The molecule has 0 bridgehead atoms. The van der Waals surface area contributed by atoms with E-state index in [-0.39, 0.29) is 41.6 Å². The average Bonchev–Trinajstić information content (AvgIpc) is 3.56. The number of hydrogen-bond acceptors (Lipinski definition) is 5. The van der Waals surface area contributed by atoms with Crippen molar-refractivity contribution in [2.45, 2.75) is 65.0 Å². The van der Waals surface area contributed by atoms with Gasteiger partial charge in [-0.05, 0) is 48.8 Å². The monoisotopic (exact) mass is 549 g/mol. The molecule has 2 aliphatic heterocycles. The predicted octanol–water partition coefficient (Wildman–Crippen LogP) is 4.72. The van der Waals surface area contributed by atoms with Crippen molar-refractivity contribution in [3.63, 3.8) is 0 Å². The van der Waals surface area contributed by atoms with E-state index >= 15 is 0 Å². The number of hydrogen-bond donors (Lipinski definition) is 0. The second-order valence-corrected chi connectivity index (χ2v) is 11.4. The lowest BCUT2D eigenvalue weighted by molar-refractivity contribution is -0.141. The van der Waals surface area contributed by atoms with E-state index in [4.69, 9.17) is 16.3 Å². The van der Waals surface area contributed by atoms with Gasteiger partial charge in [-0.2, -0.15) is 0 Å². The lowest BCUT2D eigenvalue weighted by Crippen LogP contribution is -2.48. The molecule has 4 atom stereocenters. The van der Waals surface area contributed by atoms with Crippen molar-refractivity contribution in [1.82, 2.24) is 24.8 Å². The number of benzene rings is 1. The van der Waals surface area contributed by atoms with Crippen LogP contribution < -0.4 is 4.74 Å². The van der Waals surface area contributed by atoms with Gasteiger partial charge in [0.15, 0.2) is 0 Å². The van der Waals surface area contributed by atoms with E-state index < -0.39 is 12.5 Å². The van der Waals surface area contributed by atoms with Crippen LogP contribution in [0, 0.1) is 17.8 Å². The second-order valence-electron chi connectivity index (χ2n) is 11.0. The minimum Gasteiger partial charge on any atom is -0.487 e. The van der Waals surface area contributed by atoms with Gasteiger partial charge in [0.05, 0.1) is 6.04 Å². The van der Waals surface area contributed by atoms with Gasteiger partial charge in [-0.15, -0.1) is 5.10 Å². The smallest absolute Gasteiger partial charge is 0.282 e. The summed E-state index contributed by atoms with van der Waals surface area (Å²) in [5.41, 5.74) is 1.37. The van der Waals surface area contributed by atoms with Crippen LogP contribution in [0.4, 0.5) is 8.78 Å². The largest absolute Gasteiger partial charge is 0.487 e. The Balaban J connectivity index is 1.51. The zero-order valence-electron chi connectivity index (χ0n) is 22.0. The van der Waals surface area contributed by atoms with Crippen molar-refractivity contribution < 1.29 is 23.1 Å². The van der Waals surface area contributed by atoms with Crippen molar-refractivity contribution in [1.29, 1.82) is 0 Å². The highest BCUT2D eigenvalue weighted by atomic mass is 35.5. The number of carbonyl (C=O) groups is 2. The van der Waals surface area contributed by atoms with E-state index in [2.05, 4.69) is 17.2 Å². The number of fused-ring (bicyclic) bond motifs is 1. The zero-order valence-corrected chi connectivity index (χ0v) is 22.8. The molecule has 0 spiro atoms. The minimum atomic E-state index is -2.75.